The fraction of sp³-hybridized carbons (Fsp3) is 0.520. The highest BCUT2D eigenvalue weighted by Gasteiger charge is 2.15. The highest BCUT2D eigenvalue weighted by molar-refractivity contribution is 5.55. The molecule has 148 valence electrons. The lowest BCUT2D eigenvalue weighted by molar-refractivity contribution is 0.767. The Bertz CT molecular complexity index is 692. The monoisotopic (exact) mass is 366 g/mol. The highest BCUT2D eigenvalue weighted by atomic mass is 14.5. The van der Waals surface area contributed by atoms with Gasteiger partial charge in [0, 0.05) is 11.4 Å². The minimum absolute atomic E-state index is 0.891. The molecule has 27 heavy (non-hydrogen) atoms. The maximum atomic E-state index is 6.28. The standard InChI is InChI=1S/C25H38N2/c1-5-9-11-20-15-23(27)16-21(12-10-6-2)25(20)17-24-18(7-3)13-22(26)14-19(24)8-4/h13-16H,5-12,17,26-27H2,1-4H3. The molecule has 0 unspecified atom stereocenters. The third kappa shape index (κ3) is 5.51. The summed E-state index contributed by atoms with van der Waals surface area (Å²) in [6.07, 6.45) is 10.1. The second kappa shape index (κ2) is 10.4. The zero-order valence-electron chi connectivity index (χ0n) is 17.8. The van der Waals surface area contributed by atoms with Crippen molar-refractivity contribution in [1.29, 1.82) is 0 Å². The summed E-state index contributed by atoms with van der Waals surface area (Å²) >= 11 is 0. The minimum Gasteiger partial charge on any atom is -0.399 e. The van der Waals surface area contributed by atoms with Gasteiger partial charge in [0.1, 0.15) is 0 Å². The second-order valence-electron chi connectivity index (χ2n) is 7.73. The van der Waals surface area contributed by atoms with Crippen molar-refractivity contribution in [3.8, 4) is 0 Å². The van der Waals surface area contributed by atoms with Crippen molar-refractivity contribution in [2.45, 2.75) is 85.5 Å². The molecule has 2 aromatic rings. The first-order valence-corrected chi connectivity index (χ1v) is 10.8. The molecular weight excluding hydrogens is 328 g/mol. The van der Waals surface area contributed by atoms with Crippen molar-refractivity contribution < 1.29 is 0 Å². The molecule has 0 aliphatic heterocycles. The van der Waals surface area contributed by atoms with E-state index >= 15 is 0 Å². The van der Waals surface area contributed by atoms with E-state index in [9.17, 15) is 0 Å². The van der Waals surface area contributed by atoms with Gasteiger partial charge in [0.25, 0.3) is 0 Å². The highest BCUT2D eigenvalue weighted by Crippen LogP contribution is 2.30. The topological polar surface area (TPSA) is 52.0 Å². The van der Waals surface area contributed by atoms with E-state index in [4.69, 9.17) is 11.5 Å². The Hall–Kier alpha value is -1.96. The summed E-state index contributed by atoms with van der Waals surface area (Å²) in [4.78, 5) is 0. The molecular formula is C25H38N2. The van der Waals surface area contributed by atoms with E-state index in [2.05, 4.69) is 52.0 Å². The lowest BCUT2D eigenvalue weighted by atomic mass is 9.85. The van der Waals surface area contributed by atoms with Crippen LogP contribution in [0.25, 0.3) is 0 Å². The Balaban J connectivity index is 2.56. The van der Waals surface area contributed by atoms with Crippen LogP contribution in [0.15, 0.2) is 24.3 Å². The maximum Gasteiger partial charge on any atom is 0.0319 e. The number of hydrogen-bond acceptors (Lipinski definition) is 2. The number of nitrogens with two attached hydrogens (primary N) is 2. The molecule has 0 aromatic heterocycles. The average molecular weight is 367 g/mol. The zero-order chi connectivity index (χ0) is 19.8. The summed E-state index contributed by atoms with van der Waals surface area (Å²) in [5, 5.41) is 0. The molecule has 4 N–H and O–H groups in total. The van der Waals surface area contributed by atoms with E-state index in [0.717, 1.165) is 43.5 Å². The summed E-state index contributed by atoms with van der Waals surface area (Å²) in [5.41, 5.74) is 22.9. The number of benzene rings is 2. The van der Waals surface area contributed by atoms with Gasteiger partial charge >= 0.3 is 0 Å². The van der Waals surface area contributed by atoms with Gasteiger partial charge in [-0.05, 0) is 103 Å². The Morgan fingerprint density at radius 2 is 0.963 bits per heavy atom. The molecule has 2 rings (SSSR count). The molecule has 0 saturated carbocycles. The largest absolute Gasteiger partial charge is 0.399 e. The Kier molecular flexibility index (Phi) is 8.22. The molecule has 2 aromatic carbocycles. The molecule has 0 spiro atoms. The Labute approximate surface area is 166 Å². The van der Waals surface area contributed by atoms with Gasteiger partial charge < -0.3 is 11.5 Å². The summed E-state index contributed by atoms with van der Waals surface area (Å²) in [6, 6.07) is 8.77. The van der Waals surface area contributed by atoms with Crippen LogP contribution < -0.4 is 11.5 Å². The van der Waals surface area contributed by atoms with E-state index in [1.54, 1.807) is 0 Å². The van der Waals surface area contributed by atoms with Crippen LogP contribution in [0.4, 0.5) is 11.4 Å². The van der Waals surface area contributed by atoms with Gasteiger partial charge in [-0.2, -0.15) is 0 Å². The molecule has 2 heteroatoms. The fourth-order valence-corrected chi connectivity index (χ4v) is 4.09. The number of unbranched alkanes of at least 4 members (excludes halogenated alkanes) is 2. The quantitative estimate of drug-likeness (QED) is 0.488. The van der Waals surface area contributed by atoms with Crippen LogP contribution in [-0.2, 0) is 32.1 Å². The molecule has 0 saturated heterocycles. The van der Waals surface area contributed by atoms with Crippen molar-refractivity contribution >= 4 is 11.4 Å². The van der Waals surface area contributed by atoms with E-state index in [-0.39, 0.29) is 0 Å². The van der Waals surface area contributed by atoms with E-state index in [1.807, 2.05) is 0 Å². The molecule has 0 atom stereocenters. The Morgan fingerprint density at radius 3 is 1.33 bits per heavy atom. The average Bonchev–Trinajstić information content (AvgIpc) is 2.66. The summed E-state index contributed by atoms with van der Waals surface area (Å²) < 4.78 is 0. The lowest BCUT2D eigenvalue weighted by Crippen LogP contribution is -2.08. The molecule has 0 aliphatic carbocycles. The van der Waals surface area contributed by atoms with Crippen LogP contribution in [0.1, 0.15) is 86.8 Å². The van der Waals surface area contributed by atoms with Gasteiger partial charge in [0.15, 0.2) is 0 Å². The Morgan fingerprint density at radius 1 is 0.593 bits per heavy atom. The maximum absolute atomic E-state index is 6.28. The van der Waals surface area contributed by atoms with Gasteiger partial charge in [-0.25, -0.2) is 0 Å². The predicted octanol–water partition coefficient (Wildman–Crippen LogP) is 6.25. The first-order chi connectivity index (χ1) is 13.0. The molecule has 0 fully saturated rings. The van der Waals surface area contributed by atoms with Gasteiger partial charge in [0.05, 0.1) is 0 Å². The van der Waals surface area contributed by atoms with Gasteiger partial charge in [0.2, 0.25) is 0 Å². The van der Waals surface area contributed by atoms with Crippen molar-refractivity contribution in [2.75, 3.05) is 11.5 Å². The first kappa shape index (κ1) is 21.3. The van der Waals surface area contributed by atoms with Crippen molar-refractivity contribution in [1.82, 2.24) is 0 Å². The van der Waals surface area contributed by atoms with E-state index in [0.29, 0.717) is 0 Å². The van der Waals surface area contributed by atoms with E-state index < -0.39 is 0 Å². The molecule has 0 bridgehead atoms. The molecule has 0 amide bonds. The summed E-state index contributed by atoms with van der Waals surface area (Å²) in [5.74, 6) is 0. The molecule has 0 aliphatic rings. The number of rotatable bonds is 10. The first-order valence-electron chi connectivity index (χ1n) is 10.8. The fourth-order valence-electron chi connectivity index (χ4n) is 4.09. The summed E-state index contributed by atoms with van der Waals surface area (Å²) in [7, 11) is 0. The third-order valence-corrected chi connectivity index (χ3v) is 5.63. The van der Waals surface area contributed by atoms with Gasteiger partial charge in [-0.3, -0.25) is 0 Å². The molecule has 2 nitrogen and oxygen atoms in total. The van der Waals surface area contributed by atoms with Crippen LogP contribution in [0.2, 0.25) is 0 Å². The van der Waals surface area contributed by atoms with Crippen LogP contribution >= 0.6 is 0 Å². The van der Waals surface area contributed by atoms with Crippen LogP contribution in [0, 0.1) is 0 Å². The minimum atomic E-state index is 0.891. The van der Waals surface area contributed by atoms with Crippen molar-refractivity contribution in [3.05, 3.63) is 57.6 Å². The lowest BCUT2D eigenvalue weighted by Gasteiger charge is -2.20. The summed E-state index contributed by atoms with van der Waals surface area (Å²) in [6.45, 7) is 8.98. The predicted molar refractivity (Wildman–Crippen MR) is 120 cm³/mol. The van der Waals surface area contributed by atoms with Crippen molar-refractivity contribution in [2.24, 2.45) is 0 Å². The van der Waals surface area contributed by atoms with E-state index in [1.165, 1.54) is 59.1 Å². The number of nitrogen functional groups attached to an aromatic ring is 2. The zero-order valence-corrected chi connectivity index (χ0v) is 17.8. The second-order valence-corrected chi connectivity index (χ2v) is 7.73. The molecule has 0 heterocycles. The molecule has 0 radical (unpaired) electrons. The van der Waals surface area contributed by atoms with Gasteiger partial charge in [-0.15, -0.1) is 0 Å². The van der Waals surface area contributed by atoms with Crippen LogP contribution in [0.5, 0.6) is 0 Å². The van der Waals surface area contributed by atoms with Crippen molar-refractivity contribution in [3.63, 3.8) is 0 Å². The number of aryl methyl sites for hydroxylation is 4. The normalized spacial score (nSPS) is 11.1. The smallest absolute Gasteiger partial charge is 0.0319 e. The van der Waals surface area contributed by atoms with Gasteiger partial charge in [-0.1, -0.05) is 40.5 Å². The van der Waals surface area contributed by atoms with Crippen LogP contribution in [0.3, 0.4) is 0 Å². The van der Waals surface area contributed by atoms with Crippen LogP contribution in [-0.4, -0.2) is 0 Å². The number of anilines is 2. The SMILES string of the molecule is CCCCc1cc(N)cc(CCCC)c1Cc1c(CC)cc(N)cc1CC. The third-order valence-electron chi connectivity index (χ3n) is 5.63. The number of hydrogen-bond donors (Lipinski definition) is 2.